The summed E-state index contributed by atoms with van der Waals surface area (Å²) in [5.74, 6) is -2.44. The number of fused-ring (bicyclic) bond motifs is 1. The minimum absolute atomic E-state index is 0.0678. The number of nitrogens with one attached hydrogen (secondary N) is 2. The Morgan fingerprint density at radius 2 is 1.89 bits per heavy atom. The molecule has 0 unspecified atom stereocenters. The highest BCUT2D eigenvalue weighted by molar-refractivity contribution is 6.31. The molecule has 0 aliphatic carbocycles. The Morgan fingerprint density at radius 1 is 1.18 bits per heavy atom. The van der Waals surface area contributed by atoms with Crippen LogP contribution in [0.5, 0.6) is 0 Å². The van der Waals surface area contributed by atoms with E-state index in [4.69, 9.17) is 11.6 Å². The Hall–Kier alpha value is -3.00. The van der Waals surface area contributed by atoms with Gasteiger partial charge in [-0.05, 0) is 42.1 Å². The molecular formula is C19H15ClF3N3O2. The first-order valence-corrected chi connectivity index (χ1v) is 8.56. The van der Waals surface area contributed by atoms with Crippen LogP contribution in [-0.4, -0.2) is 23.0 Å². The van der Waals surface area contributed by atoms with Crippen molar-refractivity contribution in [3.8, 4) is 0 Å². The van der Waals surface area contributed by atoms with Gasteiger partial charge in [-0.25, -0.2) is 18.0 Å². The summed E-state index contributed by atoms with van der Waals surface area (Å²) in [6.45, 7) is 1.63. The van der Waals surface area contributed by atoms with Crippen LogP contribution >= 0.6 is 11.6 Å². The van der Waals surface area contributed by atoms with Gasteiger partial charge in [-0.2, -0.15) is 0 Å². The van der Waals surface area contributed by atoms with Crippen LogP contribution in [0.25, 0.3) is 10.8 Å². The molecule has 2 N–H and O–H groups in total. The van der Waals surface area contributed by atoms with Gasteiger partial charge in [0.2, 0.25) is 0 Å². The lowest BCUT2D eigenvalue weighted by Crippen LogP contribution is -2.34. The number of carbonyl (C=O) groups is 1. The Morgan fingerprint density at radius 3 is 2.57 bits per heavy atom. The number of benzene rings is 2. The van der Waals surface area contributed by atoms with Gasteiger partial charge >= 0.3 is 6.03 Å². The van der Waals surface area contributed by atoms with Gasteiger partial charge in [-0.15, -0.1) is 0 Å². The third-order valence-electron chi connectivity index (χ3n) is 4.47. The molecule has 146 valence electrons. The number of rotatable bonds is 3. The molecular weight excluding hydrogens is 395 g/mol. The van der Waals surface area contributed by atoms with Crippen molar-refractivity contribution >= 4 is 34.1 Å². The predicted molar refractivity (Wildman–Crippen MR) is 101 cm³/mol. The minimum Gasteiger partial charge on any atom is -0.328 e. The largest absolute Gasteiger partial charge is 0.328 e. The summed E-state index contributed by atoms with van der Waals surface area (Å²) in [6.07, 6.45) is 1.31. The van der Waals surface area contributed by atoms with E-state index in [1.165, 1.54) is 30.3 Å². The molecule has 0 saturated heterocycles. The van der Waals surface area contributed by atoms with Crippen LogP contribution in [0.1, 0.15) is 18.5 Å². The maximum absolute atomic E-state index is 14.1. The van der Waals surface area contributed by atoms with Gasteiger partial charge < -0.3 is 15.2 Å². The van der Waals surface area contributed by atoms with Crippen LogP contribution in [0.2, 0.25) is 5.02 Å². The zero-order valence-electron chi connectivity index (χ0n) is 14.8. The zero-order valence-corrected chi connectivity index (χ0v) is 15.6. The molecule has 9 heteroatoms. The maximum atomic E-state index is 14.1. The molecule has 28 heavy (non-hydrogen) atoms. The topological polar surface area (TPSA) is 65.2 Å². The molecule has 0 fully saturated rings. The first-order chi connectivity index (χ1) is 13.2. The Labute approximate surface area is 162 Å². The molecule has 3 aromatic rings. The van der Waals surface area contributed by atoms with Gasteiger partial charge in [0.1, 0.15) is 17.5 Å². The summed E-state index contributed by atoms with van der Waals surface area (Å²) in [5.41, 5.74) is -0.0711. The highest BCUT2D eigenvalue weighted by Crippen LogP contribution is 2.28. The second kappa shape index (κ2) is 7.55. The molecule has 1 aromatic heterocycles. The average Bonchev–Trinajstić information content (AvgIpc) is 2.63. The van der Waals surface area contributed by atoms with Crippen molar-refractivity contribution in [1.29, 1.82) is 0 Å². The number of pyridine rings is 1. The van der Waals surface area contributed by atoms with E-state index in [9.17, 15) is 22.8 Å². The van der Waals surface area contributed by atoms with Gasteiger partial charge in [0.25, 0.3) is 5.56 Å². The van der Waals surface area contributed by atoms with Crippen molar-refractivity contribution in [2.45, 2.75) is 13.0 Å². The van der Waals surface area contributed by atoms with Crippen molar-refractivity contribution in [2.24, 2.45) is 0 Å². The fourth-order valence-electron chi connectivity index (χ4n) is 2.84. The van der Waals surface area contributed by atoms with E-state index >= 15 is 0 Å². The molecule has 0 radical (unpaired) electrons. The van der Waals surface area contributed by atoms with E-state index in [-0.39, 0.29) is 21.5 Å². The van der Waals surface area contributed by atoms with Crippen molar-refractivity contribution in [3.05, 3.63) is 74.9 Å². The number of carbonyl (C=O) groups excluding carboxylic acids is 1. The molecule has 0 bridgehead atoms. The standard InChI is InChI=1S/C19H15ClF3N3O2/c1-9(26(2)19(28)25-11-3-4-15(22)14(20)7-11)13-8-24-18(27)17-12(13)5-10(21)6-16(17)23/h3-9H,1-2H3,(H,24,27)(H,25,28)/t9-/m1/s1. The van der Waals surface area contributed by atoms with E-state index < -0.39 is 35.1 Å². The van der Waals surface area contributed by atoms with Crippen LogP contribution in [0, 0.1) is 17.5 Å². The Balaban J connectivity index is 1.93. The van der Waals surface area contributed by atoms with Crippen molar-refractivity contribution in [1.82, 2.24) is 9.88 Å². The number of nitrogens with zero attached hydrogens (tertiary/aromatic N) is 1. The van der Waals surface area contributed by atoms with Gasteiger partial charge in [0.15, 0.2) is 0 Å². The van der Waals surface area contributed by atoms with E-state index in [0.717, 1.165) is 12.1 Å². The van der Waals surface area contributed by atoms with Crippen LogP contribution in [0.4, 0.5) is 23.7 Å². The summed E-state index contributed by atoms with van der Waals surface area (Å²) in [5, 5.41) is 2.19. The van der Waals surface area contributed by atoms with Gasteiger partial charge in [0.05, 0.1) is 16.5 Å². The number of amides is 2. The molecule has 0 aliphatic rings. The molecule has 0 saturated carbocycles. The number of hydrogen-bond donors (Lipinski definition) is 2. The zero-order chi connectivity index (χ0) is 20.6. The lowest BCUT2D eigenvalue weighted by Gasteiger charge is -2.26. The number of hydrogen-bond acceptors (Lipinski definition) is 2. The summed E-state index contributed by atoms with van der Waals surface area (Å²) >= 11 is 5.70. The number of H-pyrrole nitrogens is 1. The second-order valence-corrected chi connectivity index (χ2v) is 6.64. The summed E-state index contributed by atoms with van der Waals surface area (Å²) < 4.78 is 41.0. The van der Waals surface area contributed by atoms with Crippen LogP contribution in [0.3, 0.4) is 0 Å². The van der Waals surface area contributed by atoms with E-state index in [0.29, 0.717) is 11.6 Å². The van der Waals surface area contributed by atoms with Crippen molar-refractivity contribution in [2.75, 3.05) is 12.4 Å². The fourth-order valence-corrected chi connectivity index (χ4v) is 3.02. The minimum atomic E-state index is -0.988. The number of halogens is 4. The van der Waals surface area contributed by atoms with Crippen LogP contribution < -0.4 is 10.9 Å². The Kier molecular flexibility index (Phi) is 5.33. The summed E-state index contributed by atoms with van der Waals surface area (Å²) in [6, 6.07) is 4.17. The monoisotopic (exact) mass is 409 g/mol. The third kappa shape index (κ3) is 3.68. The molecule has 1 atom stereocenters. The number of aromatic nitrogens is 1. The van der Waals surface area contributed by atoms with Gasteiger partial charge in [-0.3, -0.25) is 4.79 Å². The first kappa shape index (κ1) is 19.8. The number of anilines is 1. The molecule has 1 heterocycles. The highest BCUT2D eigenvalue weighted by Gasteiger charge is 2.22. The summed E-state index contributed by atoms with van der Waals surface area (Å²) in [7, 11) is 1.47. The fraction of sp³-hybridized carbons (Fsp3) is 0.158. The van der Waals surface area contributed by atoms with E-state index in [2.05, 4.69) is 10.3 Å². The first-order valence-electron chi connectivity index (χ1n) is 8.18. The average molecular weight is 410 g/mol. The maximum Gasteiger partial charge on any atom is 0.322 e. The second-order valence-electron chi connectivity index (χ2n) is 6.23. The van der Waals surface area contributed by atoms with E-state index in [1.54, 1.807) is 6.92 Å². The predicted octanol–water partition coefficient (Wildman–Crippen LogP) is 4.82. The SMILES string of the molecule is C[C@H](c1c[nH]c(=O)c2c(F)cc(F)cc12)N(C)C(=O)Nc1ccc(F)c(Cl)c1. The Bertz CT molecular complexity index is 1130. The lowest BCUT2D eigenvalue weighted by atomic mass is 10.0. The number of urea groups is 1. The van der Waals surface area contributed by atoms with Gasteiger partial charge in [-0.1, -0.05) is 11.6 Å². The molecule has 2 aromatic carbocycles. The molecule has 3 rings (SSSR count). The van der Waals surface area contributed by atoms with Crippen molar-refractivity contribution < 1.29 is 18.0 Å². The quantitative estimate of drug-likeness (QED) is 0.651. The molecule has 5 nitrogen and oxygen atoms in total. The van der Waals surface area contributed by atoms with Crippen LogP contribution in [-0.2, 0) is 0 Å². The van der Waals surface area contributed by atoms with Crippen LogP contribution in [0.15, 0.2) is 41.3 Å². The highest BCUT2D eigenvalue weighted by atomic mass is 35.5. The lowest BCUT2D eigenvalue weighted by molar-refractivity contribution is 0.208. The number of aromatic amines is 1. The molecule has 0 spiro atoms. The smallest absolute Gasteiger partial charge is 0.322 e. The van der Waals surface area contributed by atoms with E-state index in [1.807, 2.05) is 0 Å². The molecule has 0 aliphatic heterocycles. The summed E-state index contributed by atoms with van der Waals surface area (Å²) in [4.78, 5) is 28.1. The molecule has 2 amide bonds. The van der Waals surface area contributed by atoms with Crippen molar-refractivity contribution in [3.63, 3.8) is 0 Å². The third-order valence-corrected chi connectivity index (χ3v) is 4.76. The normalized spacial score (nSPS) is 12.1. The van der Waals surface area contributed by atoms with Gasteiger partial charge in [0, 0.05) is 25.0 Å².